The fraction of sp³-hybridized carbons (Fsp3) is 0.524. The second-order valence-corrected chi connectivity index (χ2v) is 7.12. The average Bonchev–Trinajstić information content (AvgIpc) is 3.36. The molecule has 6 heteroatoms. The summed E-state index contributed by atoms with van der Waals surface area (Å²) < 4.78 is 5.60. The van der Waals surface area contributed by atoms with Gasteiger partial charge < -0.3 is 20.0 Å². The lowest BCUT2D eigenvalue weighted by Crippen LogP contribution is -2.37. The van der Waals surface area contributed by atoms with Gasteiger partial charge in [0.2, 0.25) is 5.89 Å². The number of rotatable bonds is 8. The number of hydrogen-bond acceptors (Lipinski definition) is 4. The summed E-state index contributed by atoms with van der Waals surface area (Å²) in [5.74, 6) is 1.45. The summed E-state index contributed by atoms with van der Waals surface area (Å²) in [6.45, 7) is 7.36. The monoisotopic (exact) mass is 369 g/mol. The molecule has 2 heterocycles. The number of unbranched alkanes of at least 4 members (excludes halogenated alkanes) is 1. The van der Waals surface area contributed by atoms with Gasteiger partial charge in [0.25, 0.3) is 0 Å². The number of oxazole rings is 1. The van der Waals surface area contributed by atoms with Crippen LogP contribution in [0, 0.1) is 6.92 Å². The SMILES string of the molecule is CN=C(NCCCCN1CCCC1)NCc1coc(-c2ccc(C)cc2)n1. The number of nitrogens with one attached hydrogen (secondary N) is 2. The quantitative estimate of drug-likeness (QED) is 0.425. The second-order valence-electron chi connectivity index (χ2n) is 7.12. The highest BCUT2D eigenvalue weighted by molar-refractivity contribution is 5.79. The van der Waals surface area contributed by atoms with Crippen molar-refractivity contribution < 1.29 is 4.42 Å². The molecule has 1 aromatic carbocycles. The molecule has 2 N–H and O–H groups in total. The van der Waals surface area contributed by atoms with Crippen LogP contribution >= 0.6 is 0 Å². The summed E-state index contributed by atoms with van der Waals surface area (Å²) in [4.78, 5) is 11.4. The Morgan fingerprint density at radius 1 is 1.15 bits per heavy atom. The van der Waals surface area contributed by atoms with E-state index in [2.05, 4.69) is 44.6 Å². The molecule has 0 amide bonds. The van der Waals surface area contributed by atoms with Crippen molar-refractivity contribution in [2.24, 2.45) is 4.99 Å². The Kier molecular flexibility index (Phi) is 7.27. The molecule has 1 fully saturated rings. The van der Waals surface area contributed by atoms with Crippen molar-refractivity contribution in [2.45, 2.75) is 39.2 Å². The van der Waals surface area contributed by atoms with Crippen molar-refractivity contribution in [1.29, 1.82) is 0 Å². The number of likely N-dealkylation sites (tertiary alicyclic amines) is 1. The summed E-state index contributed by atoms with van der Waals surface area (Å²) in [5.41, 5.74) is 3.08. The first kappa shape index (κ1) is 19.4. The lowest BCUT2D eigenvalue weighted by Gasteiger charge is -2.15. The van der Waals surface area contributed by atoms with Crippen molar-refractivity contribution in [3.05, 3.63) is 41.8 Å². The van der Waals surface area contributed by atoms with Crippen LogP contribution in [0.3, 0.4) is 0 Å². The fourth-order valence-electron chi connectivity index (χ4n) is 3.29. The number of benzene rings is 1. The predicted molar refractivity (Wildman–Crippen MR) is 110 cm³/mol. The molecule has 6 nitrogen and oxygen atoms in total. The number of guanidine groups is 1. The molecule has 2 aromatic rings. The van der Waals surface area contributed by atoms with Gasteiger partial charge in [-0.2, -0.15) is 0 Å². The van der Waals surface area contributed by atoms with Gasteiger partial charge in [0, 0.05) is 19.2 Å². The molecule has 0 atom stereocenters. The van der Waals surface area contributed by atoms with Crippen LogP contribution in [0.5, 0.6) is 0 Å². The molecule has 0 bridgehead atoms. The molecule has 1 aliphatic heterocycles. The van der Waals surface area contributed by atoms with E-state index in [1.807, 2.05) is 12.1 Å². The molecule has 146 valence electrons. The Balaban J connectivity index is 1.37. The molecule has 27 heavy (non-hydrogen) atoms. The van der Waals surface area contributed by atoms with Crippen LogP contribution in [0.25, 0.3) is 11.5 Å². The summed E-state index contributed by atoms with van der Waals surface area (Å²) in [6, 6.07) is 8.18. The van der Waals surface area contributed by atoms with E-state index in [0.717, 1.165) is 30.2 Å². The first-order chi connectivity index (χ1) is 13.2. The number of aryl methyl sites for hydroxylation is 1. The third-order valence-electron chi connectivity index (χ3n) is 4.90. The van der Waals surface area contributed by atoms with E-state index in [1.54, 1.807) is 13.3 Å². The molecule has 1 aromatic heterocycles. The average molecular weight is 370 g/mol. The molecule has 0 aliphatic carbocycles. The van der Waals surface area contributed by atoms with Crippen molar-refractivity contribution in [1.82, 2.24) is 20.5 Å². The van der Waals surface area contributed by atoms with Crippen molar-refractivity contribution in [3.8, 4) is 11.5 Å². The minimum Gasteiger partial charge on any atom is -0.444 e. The number of hydrogen-bond donors (Lipinski definition) is 2. The fourth-order valence-corrected chi connectivity index (χ4v) is 3.29. The van der Waals surface area contributed by atoms with E-state index < -0.39 is 0 Å². The zero-order valence-corrected chi connectivity index (χ0v) is 16.5. The summed E-state index contributed by atoms with van der Waals surface area (Å²) in [6.07, 6.45) is 6.81. The minimum absolute atomic E-state index is 0.586. The highest BCUT2D eigenvalue weighted by atomic mass is 16.3. The molecular formula is C21H31N5O. The Bertz CT molecular complexity index is 716. The van der Waals surface area contributed by atoms with Crippen LogP contribution in [-0.4, -0.2) is 49.1 Å². The maximum absolute atomic E-state index is 5.60. The second kappa shape index (κ2) is 10.1. The van der Waals surface area contributed by atoms with Gasteiger partial charge in [0.15, 0.2) is 5.96 Å². The van der Waals surface area contributed by atoms with Crippen LogP contribution in [0.15, 0.2) is 39.9 Å². The van der Waals surface area contributed by atoms with Gasteiger partial charge in [-0.15, -0.1) is 0 Å². The van der Waals surface area contributed by atoms with E-state index in [1.165, 1.54) is 44.5 Å². The standard InChI is InChI=1S/C21H31N5O/c1-17-7-9-18(10-8-17)20-25-19(16-27-20)15-24-21(22-2)23-11-3-4-12-26-13-5-6-14-26/h7-10,16H,3-6,11-15H2,1-2H3,(H2,22,23,24). The third-order valence-corrected chi connectivity index (χ3v) is 4.90. The van der Waals surface area contributed by atoms with E-state index in [-0.39, 0.29) is 0 Å². The van der Waals surface area contributed by atoms with Crippen molar-refractivity contribution in [2.75, 3.05) is 33.2 Å². The Morgan fingerprint density at radius 2 is 1.93 bits per heavy atom. The first-order valence-electron chi connectivity index (χ1n) is 9.93. The van der Waals surface area contributed by atoms with Gasteiger partial charge in [-0.25, -0.2) is 4.98 Å². The lowest BCUT2D eigenvalue weighted by atomic mass is 10.1. The lowest BCUT2D eigenvalue weighted by molar-refractivity contribution is 0.330. The summed E-state index contributed by atoms with van der Waals surface area (Å²) >= 11 is 0. The molecule has 0 saturated carbocycles. The topological polar surface area (TPSA) is 65.7 Å². The maximum atomic E-state index is 5.60. The molecule has 1 aliphatic rings. The van der Waals surface area contributed by atoms with Crippen molar-refractivity contribution >= 4 is 5.96 Å². The molecule has 1 saturated heterocycles. The molecule has 3 rings (SSSR count). The van der Waals surface area contributed by atoms with Gasteiger partial charge in [-0.1, -0.05) is 17.7 Å². The molecular weight excluding hydrogens is 338 g/mol. The summed E-state index contributed by atoms with van der Waals surface area (Å²) in [5, 5.41) is 6.67. The Labute approximate surface area is 162 Å². The van der Waals surface area contributed by atoms with Gasteiger partial charge in [-0.3, -0.25) is 4.99 Å². The van der Waals surface area contributed by atoms with Crippen LogP contribution in [0.4, 0.5) is 0 Å². The van der Waals surface area contributed by atoms with Crippen LogP contribution in [0.2, 0.25) is 0 Å². The van der Waals surface area contributed by atoms with E-state index >= 15 is 0 Å². The normalized spacial score (nSPS) is 15.3. The van der Waals surface area contributed by atoms with Crippen LogP contribution < -0.4 is 10.6 Å². The predicted octanol–water partition coefficient (Wildman–Crippen LogP) is 3.19. The number of aliphatic imine (C=N–C) groups is 1. The van der Waals surface area contributed by atoms with Crippen LogP contribution in [-0.2, 0) is 6.54 Å². The number of aromatic nitrogens is 1. The van der Waals surface area contributed by atoms with E-state index in [4.69, 9.17) is 4.42 Å². The minimum atomic E-state index is 0.586. The van der Waals surface area contributed by atoms with Crippen molar-refractivity contribution in [3.63, 3.8) is 0 Å². The number of nitrogens with zero attached hydrogens (tertiary/aromatic N) is 3. The van der Waals surface area contributed by atoms with Gasteiger partial charge >= 0.3 is 0 Å². The Morgan fingerprint density at radius 3 is 2.67 bits per heavy atom. The van der Waals surface area contributed by atoms with Gasteiger partial charge in [-0.05, 0) is 64.4 Å². The van der Waals surface area contributed by atoms with Gasteiger partial charge in [0.1, 0.15) is 6.26 Å². The zero-order valence-electron chi connectivity index (χ0n) is 16.5. The smallest absolute Gasteiger partial charge is 0.226 e. The molecule has 0 spiro atoms. The summed E-state index contributed by atoms with van der Waals surface area (Å²) in [7, 11) is 1.79. The largest absolute Gasteiger partial charge is 0.444 e. The Hall–Kier alpha value is -2.34. The van der Waals surface area contributed by atoms with E-state index in [0.29, 0.717) is 12.4 Å². The maximum Gasteiger partial charge on any atom is 0.226 e. The third kappa shape index (κ3) is 6.10. The highest BCUT2D eigenvalue weighted by Crippen LogP contribution is 2.18. The molecule has 0 radical (unpaired) electrons. The first-order valence-corrected chi connectivity index (χ1v) is 9.93. The zero-order chi connectivity index (χ0) is 18.9. The van der Waals surface area contributed by atoms with Gasteiger partial charge in [0.05, 0.1) is 12.2 Å². The molecule has 0 unspecified atom stereocenters. The highest BCUT2D eigenvalue weighted by Gasteiger charge is 2.10. The van der Waals surface area contributed by atoms with E-state index in [9.17, 15) is 0 Å². The van der Waals surface area contributed by atoms with Crippen LogP contribution in [0.1, 0.15) is 36.9 Å².